The molecule has 0 aliphatic heterocycles. The molecule has 3 rings (SSSR count). The number of aromatic nitrogens is 3. The second-order valence-corrected chi connectivity index (χ2v) is 6.56. The molecule has 0 unspecified atom stereocenters. The Morgan fingerprint density at radius 2 is 1.89 bits per heavy atom. The number of carbonyl (C=O) groups is 1. The van der Waals surface area contributed by atoms with Crippen LogP contribution in [0.15, 0.2) is 59.8 Å². The van der Waals surface area contributed by atoms with E-state index in [1.165, 1.54) is 23.9 Å². The lowest BCUT2D eigenvalue weighted by Gasteiger charge is -2.10. The van der Waals surface area contributed by atoms with Crippen LogP contribution in [0.2, 0.25) is 0 Å². The number of benzene rings is 2. The van der Waals surface area contributed by atoms with Crippen LogP contribution in [0.3, 0.4) is 0 Å². The number of halogens is 1. The predicted octanol–water partition coefficient (Wildman–Crippen LogP) is 2.93. The van der Waals surface area contributed by atoms with Crippen molar-refractivity contribution in [1.82, 2.24) is 20.1 Å². The van der Waals surface area contributed by atoms with Gasteiger partial charge >= 0.3 is 0 Å². The van der Waals surface area contributed by atoms with E-state index in [1.807, 2.05) is 34.9 Å². The van der Waals surface area contributed by atoms with E-state index in [9.17, 15) is 9.18 Å². The summed E-state index contributed by atoms with van der Waals surface area (Å²) in [4.78, 5) is 12.0. The molecule has 0 aliphatic carbocycles. The highest BCUT2D eigenvalue weighted by Gasteiger charge is 2.17. The fourth-order valence-corrected chi connectivity index (χ4v) is 3.22. The van der Waals surface area contributed by atoms with Crippen LogP contribution in [0, 0.1) is 5.82 Å². The average Bonchev–Trinajstić information content (AvgIpc) is 3.12. The average molecular weight is 386 g/mol. The lowest BCUT2D eigenvalue weighted by atomic mass is 10.2. The van der Waals surface area contributed by atoms with E-state index in [-0.39, 0.29) is 17.5 Å². The maximum atomic E-state index is 13.3. The van der Waals surface area contributed by atoms with E-state index in [0.29, 0.717) is 24.1 Å². The summed E-state index contributed by atoms with van der Waals surface area (Å²) < 4.78 is 20.1. The van der Waals surface area contributed by atoms with Crippen molar-refractivity contribution in [2.45, 2.75) is 5.16 Å². The van der Waals surface area contributed by atoms with Gasteiger partial charge in [0.25, 0.3) is 0 Å². The Bertz CT molecular complexity index is 884. The number of hydrogen-bond acceptors (Lipinski definition) is 5. The van der Waals surface area contributed by atoms with Gasteiger partial charge in [0.05, 0.1) is 12.4 Å². The Hall–Kier alpha value is -2.71. The Kier molecular flexibility index (Phi) is 6.56. The molecule has 8 heteroatoms. The largest absolute Gasteiger partial charge is 0.383 e. The van der Waals surface area contributed by atoms with Gasteiger partial charge in [0.1, 0.15) is 5.82 Å². The minimum atomic E-state index is -0.320. The highest BCUT2D eigenvalue weighted by molar-refractivity contribution is 7.99. The van der Waals surface area contributed by atoms with E-state index in [2.05, 4.69) is 15.5 Å². The molecule has 140 valence electrons. The third kappa shape index (κ3) is 4.93. The van der Waals surface area contributed by atoms with E-state index >= 15 is 0 Å². The minimum Gasteiger partial charge on any atom is -0.383 e. The van der Waals surface area contributed by atoms with Crippen molar-refractivity contribution >= 4 is 17.7 Å². The highest BCUT2D eigenvalue weighted by atomic mass is 32.2. The van der Waals surface area contributed by atoms with Gasteiger partial charge in [-0.25, -0.2) is 4.39 Å². The SMILES string of the molecule is COCCNC(=O)CSc1nnc(-c2ccccc2)n1-c1ccc(F)cc1. The number of rotatable bonds is 8. The lowest BCUT2D eigenvalue weighted by molar-refractivity contribution is -0.118. The molecule has 0 saturated carbocycles. The summed E-state index contributed by atoms with van der Waals surface area (Å²) in [6.45, 7) is 0.913. The Morgan fingerprint density at radius 3 is 2.59 bits per heavy atom. The van der Waals surface area contributed by atoms with E-state index in [1.54, 1.807) is 19.2 Å². The van der Waals surface area contributed by atoms with Crippen LogP contribution in [0.4, 0.5) is 4.39 Å². The molecule has 0 bridgehead atoms. The summed E-state index contributed by atoms with van der Waals surface area (Å²) >= 11 is 1.27. The van der Waals surface area contributed by atoms with Gasteiger partial charge in [-0.1, -0.05) is 42.1 Å². The zero-order valence-corrected chi connectivity index (χ0v) is 15.6. The molecule has 3 aromatic rings. The number of carbonyl (C=O) groups excluding carboxylic acids is 1. The number of nitrogens with one attached hydrogen (secondary N) is 1. The normalized spacial score (nSPS) is 10.7. The Morgan fingerprint density at radius 1 is 1.15 bits per heavy atom. The molecule has 27 heavy (non-hydrogen) atoms. The molecule has 0 aliphatic rings. The summed E-state index contributed by atoms with van der Waals surface area (Å²) in [5.41, 5.74) is 1.60. The van der Waals surface area contributed by atoms with Crippen molar-refractivity contribution in [3.63, 3.8) is 0 Å². The van der Waals surface area contributed by atoms with Gasteiger partial charge in [0, 0.05) is 24.9 Å². The summed E-state index contributed by atoms with van der Waals surface area (Å²) in [7, 11) is 1.58. The van der Waals surface area contributed by atoms with Gasteiger partial charge in [0.15, 0.2) is 11.0 Å². The van der Waals surface area contributed by atoms with Crippen LogP contribution >= 0.6 is 11.8 Å². The molecule has 6 nitrogen and oxygen atoms in total. The number of methoxy groups -OCH3 is 1. The van der Waals surface area contributed by atoms with Gasteiger partial charge in [-0.2, -0.15) is 0 Å². The standard InChI is InChI=1S/C19H19FN4O2S/c1-26-12-11-21-17(25)13-27-19-23-22-18(14-5-3-2-4-6-14)24(19)16-9-7-15(20)8-10-16/h2-10H,11-13H2,1H3,(H,21,25). The van der Waals surface area contributed by atoms with Gasteiger partial charge < -0.3 is 10.1 Å². The van der Waals surface area contributed by atoms with E-state index < -0.39 is 0 Å². The molecule has 1 amide bonds. The first kappa shape index (κ1) is 19.1. The summed E-state index contributed by atoms with van der Waals surface area (Å²) in [5, 5.41) is 11.8. The topological polar surface area (TPSA) is 69.0 Å². The van der Waals surface area contributed by atoms with Crippen LogP contribution in [-0.2, 0) is 9.53 Å². The monoisotopic (exact) mass is 386 g/mol. The van der Waals surface area contributed by atoms with Gasteiger partial charge in [-0.15, -0.1) is 10.2 Å². The fourth-order valence-electron chi connectivity index (χ4n) is 2.43. The zero-order chi connectivity index (χ0) is 19.1. The molecule has 2 aromatic carbocycles. The van der Waals surface area contributed by atoms with Crippen molar-refractivity contribution in [1.29, 1.82) is 0 Å². The van der Waals surface area contributed by atoms with E-state index in [0.717, 1.165) is 11.3 Å². The van der Waals surface area contributed by atoms with Gasteiger partial charge in [-0.05, 0) is 24.3 Å². The molecule has 0 saturated heterocycles. The first-order valence-electron chi connectivity index (χ1n) is 8.34. The molecule has 0 fully saturated rings. The summed E-state index contributed by atoms with van der Waals surface area (Å²) in [6.07, 6.45) is 0. The van der Waals surface area contributed by atoms with Crippen LogP contribution in [0.25, 0.3) is 17.1 Å². The molecular formula is C19H19FN4O2S. The lowest BCUT2D eigenvalue weighted by Crippen LogP contribution is -2.28. The summed E-state index contributed by atoms with van der Waals surface area (Å²) in [6, 6.07) is 15.7. The molecule has 1 heterocycles. The Balaban J connectivity index is 1.86. The van der Waals surface area contributed by atoms with E-state index in [4.69, 9.17) is 4.74 Å². The number of ether oxygens (including phenoxy) is 1. The van der Waals surface area contributed by atoms with Gasteiger partial charge in [-0.3, -0.25) is 9.36 Å². The second-order valence-electron chi connectivity index (χ2n) is 5.62. The first-order chi connectivity index (χ1) is 13.2. The summed E-state index contributed by atoms with van der Waals surface area (Å²) in [5.74, 6) is 0.383. The fraction of sp³-hybridized carbons (Fsp3) is 0.211. The van der Waals surface area contributed by atoms with Crippen LogP contribution in [0.5, 0.6) is 0 Å². The number of hydrogen-bond donors (Lipinski definition) is 1. The van der Waals surface area contributed by atoms with Crippen molar-refractivity contribution in [3.05, 3.63) is 60.4 Å². The number of nitrogens with zero attached hydrogens (tertiary/aromatic N) is 3. The quantitative estimate of drug-likeness (QED) is 0.476. The smallest absolute Gasteiger partial charge is 0.230 e. The zero-order valence-electron chi connectivity index (χ0n) is 14.8. The minimum absolute atomic E-state index is 0.119. The van der Waals surface area contributed by atoms with Crippen LogP contribution in [0.1, 0.15) is 0 Å². The van der Waals surface area contributed by atoms with Crippen LogP contribution < -0.4 is 5.32 Å². The molecule has 0 radical (unpaired) electrons. The first-order valence-corrected chi connectivity index (χ1v) is 9.33. The third-order valence-corrected chi connectivity index (χ3v) is 4.64. The molecule has 1 N–H and O–H groups in total. The highest BCUT2D eigenvalue weighted by Crippen LogP contribution is 2.27. The predicted molar refractivity (Wildman–Crippen MR) is 102 cm³/mol. The third-order valence-electron chi connectivity index (χ3n) is 3.71. The molecule has 1 aromatic heterocycles. The molecule has 0 atom stereocenters. The van der Waals surface area contributed by atoms with Crippen molar-refractivity contribution in [2.24, 2.45) is 0 Å². The number of thioether (sulfide) groups is 1. The Labute approximate surface area is 160 Å². The molecular weight excluding hydrogens is 367 g/mol. The van der Waals surface area contributed by atoms with Crippen LogP contribution in [-0.4, -0.2) is 46.7 Å². The maximum absolute atomic E-state index is 13.3. The maximum Gasteiger partial charge on any atom is 0.230 e. The second kappa shape index (κ2) is 9.29. The van der Waals surface area contributed by atoms with Crippen molar-refractivity contribution in [2.75, 3.05) is 26.0 Å². The van der Waals surface area contributed by atoms with Gasteiger partial charge in [0.2, 0.25) is 5.91 Å². The molecule has 0 spiro atoms. The van der Waals surface area contributed by atoms with Crippen molar-refractivity contribution in [3.8, 4) is 17.1 Å². The number of amides is 1. The van der Waals surface area contributed by atoms with Crippen molar-refractivity contribution < 1.29 is 13.9 Å².